The van der Waals surface area contributed by atoms with E-state index in [1.165, 1.54) is 6.92 Å². The van der Waals surface area contributed by atoms with Crippen LogP contribution in [0, 0.1) is 13.8 Å². The average Bonchev–Trinajstić information content (AvgIpc) is 2.71. The number of benzene rings is 3. The molecule has 0 saturated carbocycles. The number of aryl methyl sites for hydroxylation is 2. The SMILES string of the molecule is Cc1ccc(C)c(/C(=N\OC(C)O)C(=O)c2ccc(Sc3ccccc3)cc2)c1. The van der Waals surface area contributed by atoms with Crippen LogP contribution in [0.25, 0.3) is 0 Å². The molecule has 0 saturated heterocycles. The van der Waals surface area contributed by atoms with Crippen LogP contribution in [0.2, 0.25) is 0 Å². The molecule has 0 aromatic heterocycles. The molecule has 0 heterocycles. The second kappa shape index (κ2) is 9.54. The van der Waals surface area contributed by atoms with Gasteiger partial charge in [-0.05, 0) is 61.9 Å². The summed E-state index contributed by atoms with van der Waals surface area (Å²) in [5.41, 5.74) is 3.30. The highest BCUT2D eigenvalue weighted by atomic mass is 32.2. The summed E-state index contributed by atoms with van der Waals surface area (Å²) < 4.78 is 0. The predicted octanol–water partition coefficient (Wildman–Crippen LogP) is 5.40. The second-order valence-corrected chi connectivity index (χ2v) is 7.88. The van der Waals surface area contributed by atoms with Gasteiger partial charge in [-0.1, -0.05) is 52.8 Å². The molecule has 3 aromatic rings. The van der Waals surface area contributed by atoms with Gasteiger partial charge in [0.15, 0.2) is 5.71 Å². The highest BCUT2D eigenvalue weighted by molar-refractivity contribution is 7.99. The highest BCUT2D eigenvalue weighted by Gasteiger charge is 2.20. The third kappa shape index (κ3) is 5.56. The molecule has 0 radical (unpaired) electrons. The van der Waals surface area contributed by atoms with Gasteiger partial charge in [-0.25, -0.2) is 0 Å². The van der Waals surface area contributed by atoms with Gasteiger partial charge in [-0.15, -0.1) is 0 Å². The quantitative estimate of drug-likeness (QED) is 0.248. The number of aliphatic hydroxyl groups excluding tert-OH is 1. The van der Waals surface area contributed by atoms with Crippen molar-refractivity contribution in [1.82, 2.24) is 0 Å². The fraction of sp³-hybridized carbons (Fsp3) is 0.167. The Labute approximate surface area is 175 Å². The van der Waals surface area contributed by atoms with Crippen LogP contribution in [-0.4, -0.2) is 22.9 Å². The first-order valence-corrected chi connectivity index (χ1v) is 10.1. The Hall–Kier alpha value is -2.89. The van der Waals surface area contributed by atoms with Gasteiger partial charge in [0, 0.05) is 27.8 Å². The maximum absolute atomic E-state index is 13.2. The van der Waals surface area contributed by atoms with Crippen molar-refractivity contribution < 1.29 is 14.7 Å². The first kappa shape index (κ1) is 20.8. The summed E-state index contributed by atoms with van der Waals surface area (Å²) in [6.45, 7) is 5.32. The lowest BCUT2D eigenvalue weighted by Crippen LogP contribution is -2.19. The summed E-state index contributed by atoms with van der Waals surface area (Å²) in [6.07, 6.45) is -1.10. The molecule has 1 N–H and O–H groups in total. The van der Waals surface area contributed by atoms with Crippen molar-refractivity contribution in [1.29, 1.82) is 0 Å². The third-order valence-corrected chi connectivity index (χ3v) is 5.27. The molecule has 0 fully saturated rings. The number of hydrogen-bond donors (Lipinski definition) is 1. The number of carbonyl (C=O) groups is 1. The summed E-state index contributed by atoms with van der Waals surface area (Å²) in [4.78, 5) is 20.4. The number of ketones is 1. The summed E-state index contributed by atoms with van der Waals surface area (Å²) >= 11 is 1.63. The van der Waals surface area contributed by atoms with Gasteiger partial charge in [0.05, 0.1) is 0 Å². The first-order chi connectivity index (χ1) is 13.9. The summed E-state index contributed by atoms with van der Waals surface area (Å²) in [7, 11) is 0. The Morgan fingerprint density at radius 2 is 1.62 bits per heavy atom. The molecule has 29 heavy (non-hydrogen) atoms. The lowest BCUT2D eigenvalue weighted by molar-refractivity contribution is -0.0835. The van der Waals surface area contributed by atoms with Gasteiger partial charge in [-0.3, -0.25) is 4.79 Å². The van der Waals surface area contributed by atoms with Gasteiger partial charge >= 0.3 is 0 Å². The first-order valence-electron chi connectivity index (χ1n) is 9.31. The van der Waals surface area contributed by atoms with Crippen LogP contribution in [0.4, 0.5) is 0 Å². The smallest absolute Gasteiger partial charge is 0.221 e. The van der Waals surface area contributed by atoms with Gasteiger partial charge in [-0.2, -0.15) is 0 Å². The van der Waals surface area contributed by atoms with E-state index in [4.69, 9.17) is 4.84 Å². The van der Waals surface area contributed by atoms with E-state index in [0.717, 1.165) is 20.9 Å². The van der Waals surface area contributed by atoms with E-state index >= 15 is 0 Å². The minimum Gasteiger partial charge on any atom is -0.363 e. The lowest BCUT2D eigenvalue weighted by atomic mass is 9.96. The number of oxime groups is 1. The van der Waals surface area contributed by atoms with Crippen molar-refractivity contribution in [3.63, 3.8) is 0 Å². The van der Waals surface area contributed by atoms with E-state index in [-0.39, 0.29) is 11.5 Å². The minimum absolute atomic E-state index is 0.176. The van der Waals surface area contributed by atoms with Crippen LogP contribution >= 0.6 is 11.8 Å². The summed E-state index contributed by atoms with van der Waals surface area (Å²) in [5.74, 6) is -0.254. The summed E-state index contributed by atoms with van der Waals surface area (Å²) in [5, 5.41) is 13.4. The fourth-order valence-corrected chi connectivity index (χ4v) is 3.61. The molecule has 3 rings (SSSR count). The van der Waals surface area contributed by atoms with Gasteiger partial charge < -0.3 is 9.94 Å². The van der Waals surface area contributed by atoms with Crippen molar-refractivity contribution in [2.24, 2.45) is 5.16 Å². The minimum atomic E-state index is -1.10. The molecule has 1 atom stereocenters. The number of hydrogen-bond acceptors (Lipinski definition) is 5. The molecular weight excluding hydrogens is 382 g/mol. The molecule has 3 aromatic carbocycles. The van der Waals surface area contributed by atoms with Gasteiger partial charge in [0.25, 0.3) is 0 Å². The lowest BCUT2D eigenvalue weighted by Gasteiger charge is -2.11. The molecule has 0 bridgehead atoms. The largest absolute Gasteiger partial charge is 0.363 e. The molecule has 0 spiro atoms. The van der Waals surface area contributed by atoms with Crippen LogP contribution in [0.1, 0.15) is 34.0 Å². The molecule has 0 aliphatic rings. The van der Waals surface area contributed by atoms with Crippen LogP contribution in [0.3, 0.4) is 0 Å². The van der Waals surface area contributed by atoms with Crippen molar-refractivity contribution in [3.8, 4) is 0 Å². The van der Waals surface area contributed by atoms with Crippen molar-refractivity contribution >= 4 is 23.3 Å². The Morgan fingerprint density at radius 3 is 2.28 bits per heavy atom. The van der Waals surface area contributed by atoms with Crippen LogP contribution in [0.5, 0.6) is 0 Å². The number of Topliss-reactive ketones (excluding diaryl/α,β-unsaturated/α-hetero) is 1. The number of carbonyl (C=O) groups excluding carboxylic acids is 1. The van der Waals surface area contributed by atoms with E-state index in [2.05, 4.69) is 5.16 Å². The zero-order chi connectivity index (χ0) is 20.8. The third-order valence-electron chi connectivity index (χ3n) is 4.26. The van der Waals surface area contributed by atoms with Crippen LogP contribution < -0.4 is 0 Å². The molecule has 1 unspecified atom stereocenters. The second-order valence-electron chi connectivity index (χ2n) is 6.73. The molecule has 0 aliphatic heterocycles. The standard InChI is InChI=1S/C24H23NO3S/c1-16-9-10-17(2)22(15-16)23(25-28-18(3)26)24(27)19-11-13-21(14-12-19)29-20-7-5-4-6-8-20/h4-15,18,26H,1-3H3/b25-23+. The predicted molar refractivity (Wildman–Crippen MR) is 117 cm³/mol. The molecule has 4 nitrogen and oxygen atoms in total. The topological polar surface area (TPSA) is 58.9 Å². The number of rotatable bonds is 7. The monoisotopic (exact) mass is 405 g/mol. The van der Waals surface area contributed by atoms with Crippen molar-refractivity contribution in [3.05, 3.63) is 95.1 Å². The average molecular weight is 406 g/mol. The molecular formula is C24H23NO3S. The van der Waals surface area contributed by atoms with Crippen molar-refractivity contribution in [2.75, 3.05) is 0 Å². The molecule has 0 amide bonds. The summed E-state index contributed by atoms with van der Waals surface area (Å²) in [6, 6.07) is 23.3. The fourth-order valence-electron chi connectivity index (χ4n) is 2.77. The van der Waals surface area contributed by atoms with E-state index in [1.807, 2.05) is 74.5 Å². The Balaban J connectivity index is 1.89. The van der Waals surface area contributed by atoms with Gasteiger partial charge in [0.2, 0.25) is 12.1 Å². The van der Waals surface area contributed by atoms with Crippen molar-refractivity contribution in [2.45, 2.75) is 36.9 Å². The molecule has 0 aliphatic carbocycles. The Bertz CT molecular complexity index is 1010. The normalized spacial score (nSPS) is 12.5. The van der Waals surface area contributed by atoms with Crippen LogP contribution in [0.15, 0.2) is 87.7 Å². The van der Waals surface area contributed by atoms with Crippen LogP contribution in [-0.2, 0) is 4.84 Å². The van der Waals surface area contributed by atoms with E-state index in [9.17, 15) is 9.90 Å². The van der Waals surface area contributed by atoms with Gasteiger partial charge in [0.1, 0.15) is 0 Å². The zero-order valence-electron chi connectivity index (χ0n) is 16.6. The highest BCUT2D eigenvalue weighted by Crippen LogP contribution is 2.27. The molecule has 148 valence electrons. The Morgan fingerprint density at radius 1 is 0.966 bits per heavy atom. The molecule has 5 heteroatoms. The van der Waals surface area contributed by atoms with E-state index in [1.54, 1.807) is 23.9 Å². The maximum atomic E-state index is 13.2. The van der Waals surface area contributed by atoms with E-state index in [0.29, 0.717) is 11.1 Å². The Kier molecular flexibility index (Phi) is 6.86. The number of aliphatic hydroxyl groups is 1. The number of nitrogens with zero attached hydrogens (tertiary/aromatic N) is 1. The van der Waals surface area contributed by atoms with E-state index < -0.39 is 6.29 Å². The maximum Gasteiger partial charge on any atom is 0.221 e. The zero-order valence-corrected chi connectivity index (χ0v) is 17.4.